The van der Waals surface area contributed by atoms with Crippen LogP contribution in [0.5, 0.6) is 0 Å². The Morgan fingerprint density at radius 3 is 2.37 bits per heavy atom. The molecule has 0 saturated heterocycles. The van der Waals surface area contributed by atoms with Gasteiger partial charge in [0.15, 0.2) is 0 Å². The molecule has 2 nitrogen and oxygen atoms in total. The molecule has 1 aliphatic rings. The lowest BCUT2D eigenvalue weighted by atomic mass is 10.3. The number of nitrogens with one attached hydrogen (secondary N) is 1. The molecule has 0 amide bonds. The van der Waals surface area contributed by atoms with Crippen molar-refractivity contribution in [3.63, 3.8) is 0 Å². The van der Waals surface area contributed by atoms with Crippen LogP contribution in [0.3, 0.4) is 0 Å². The zero-order valence-corrected chi connectivity index (χ0v) is 13.5. The van der Waals surface area contributed by atoms with Crippen LogP contribution in [0, 0.1) is 12.8 Å². The average Bonchev–Trinajstić information content (AvgIpc) is 2.98. The van der Waals surface area contributed by atoms with E-state index in [1.807, 2.05) is 44.8 Å². The fourth-order valence-electron chi connectivity index (χ4n) is 1.21. The van der Waals surface area contributed by atoms with E-state index in [-0.39, 0.29) is 0 Å². The topological polar surface area (TPSA) is 15.3 Å². The van der Waals surface area contributed by atoms with Gasteiger partial charge < -0.3 is 10.2 Å². The number of hydrogen-bond donors (Lipinski definition) is 1. The Morgan fingerprint density at radius 2 is 2.00 bits per heavy atom. The van der Waals surface area contributed by atoms with E-state index >= 15 is 0 Å². The molecule has 0 atom stereocenters. The van der Waals surface area contributed by atoms with Crippen LogP contribution < -0.4 is 5.32 Å². The molecule has 0 spiro atoms. The first-order chi connectivity index (χ1) is 9.28. The predicted octanol–water partition coefficient (Wildman–Crippen LogP) is 3.50. The monoisotopic (exact) mass is 280 g/mol. The van der Waals surface area contributed by atoms with E-state index in [0.717, 1.165) is 25.4 Å². The highest BCUT2D eigenvalue weighted by molar-refractivity contribution is 8.02. The summed E-state index contributed by atoms with van der Waals surface area (Å²) in [5.74, 6) is 1.13. The molecule has 19 heavy (non-hydrogen) atoms. The van der Waals surface area contributed by atoms with Crippen LogP contribution in [0.4, 0.5) is 0 Å². The molecule has 1 rings (SSSR count). The number of likely N-dealkylation sites (N-methyl/N-ethyl adjacent to an activating group) is 2. The van der Waals surface area contributed by atoms with E-state index in [2.05, 4.69) is 47.7 Å². The van der Waals surface area contributed by atoms with Crippen molar-refractivity contribution >= 4 is 11.8 Å². The van der Waals surface area contributed by atoms with E-state index in [4.69, 9.17) is 0 Å². The molecule has 0 aromatic heterocycles. The van der Waals surface area contributed by atoms with Crippen molar-refractivity contribution in [1.82, 2.24) is 10.2 Å². The molecule has 0 aromatic rings. The van der Waals surface area contributed by atoms with Gasteiger partial charge in [0, 0.05) is 31.6 Å². The second-order valence-electron chi connectivity index (χ2n) is 3.72. The summed E-state index contributed by atoms with van der Waals surface area (Å²) in [5, 5.41) is 5.33. The van der Waals surface area contributed by atoms with Crippen LogP contribution >= 0.6 is 11.8 Å². The van der Waals surface area contributed by atoms with Gasteiger partial charge in [0.05, 0.1) is 0 Å². The Kier molecular flexibility index (Phi) is 18.0. The fraction of sp³-hybridized carbons (Fsp3) is 0.500. The molecular weight excluding hydrogens is 252 g/mol. The number of thioether (sulfide) groups is 1. The first-order valence-corrected chi connectivity index (χ1v) is 7.61. The van der Waals surface area contributed by atoms with Gasteiger partial charge in [-0.2, -0.15) is 0 Å². The molecular formula is C16H28N2S. The summed E-state index contributed by atoms with van der Waals surface area (Å²) in [6.07, 6.45) is 16.5. The second kappa shape index (κ2) is 16.9. The zero-order valence-electron chi connectivity index (χ0n) is 12.7. The standard InChI is InChI=1S/C10H18N2S.C4H8.C2H2/c1-3-12(6-5-11-2)8-10-4-7-13-9-10;1-3-4-2;1-2/h4,7-8,11H,3,5-6,9H2,1-2H3;3-4H,1-2H3;1-2H/b10-8+;4-3-;. The van der Waals surface area contributed by atoms with Crippen molar-refractivity contribution in [2.45, 2.75) is 20.8 Å². The van der Waals surface area contributed by atoms with E-state index in [9.17, 15) is 0 Å². The highest BCUT2D eigenvalue weighted by Crippen LogP contribution is 2.19. The molecule has 1 heterocycles. The Bertz CT molecular complexity index is 286. The summed E-state index contributed by atoms with van der Waals surface area (Å²) in [4.78, 5) is 2.35. The molecule has 0 aromatic carbocycles. The normalized spacial score (nSPS) is 14.7. The molecule has 1 aliphatic heterocycles. The lowest BCUT2D eigenvalue weighted by molar-refractivity contribution is 0.393. The van der Waals surface area contributed by atoms with Crippen LogP contribution in [0.15, 0.2) is 35.4 Å². The third kappa shape index (κ3) is 13.1. The minimum atomic E-state index is 1.05. The fourth-order valence-corrected chi connectivity index (χ4v) is 1.94. The van der Waals surface area contributed by atoms with E-state index < -0.39 is 0 Å². The maximum absolute atomic E-state index is 4.00. The maximum atomic E-state index is 4.00. The quantitative estimate of drug-likeness (QED) is 0.613. The Hall–Kier alpha value is -1.11. The van der Waals surface area contributed by atoms with Crippen LogP contribution in [0.25, 0.3) is 0 Å². The second-order valence-corrected chi connectivity index (χ2v) is 4.61. The summed E-state index contributed by atoms with van der Waals surface area (Å²) in [5.41, 5.74) is 1.43. The van der Waals surface area contributed by atoms with Crippen LogP contribution in [-0.2, 0) is 0 Å². The maximum Gasteiger partial charge on any atom is 0.0297 e. The van der Waals surface area contributed by atoms with Gasteiger partial charge in [0.2, 0.25) is 0 Å². The molecule has 0 radical (unpaired) electrons. The van der Waals surface area contributed by atoms with Gasteiger partial charge in [-0.3, -0.25) is 0 Å². The first-order valence-electron chi connectivity index (χ1n) is 6.56. The average molecular weight is 280 g/mol. The van der Waals surface area contributed by atoms with Gasteiger partial charge in [-0.15, -0.1) is 24.6 Å². The highest BCUT2D eigenvalue weighted by Gasteiger charge is 2.02. The van der Waals surface area contributed by atoms with Crippen LogP contribution in [-0.4, -0.2) is 37.3 Å². The lowest BCUT2D eigenvalue weighted by Gasteiger charge is -2.18. The minimum absolute atomic E-state index is 1.05. The largest absolute Gasteiger partial charge is 0.376 e. The molecule has 0 saturated carbocycles. The third-order valence-electron chi connectivity index (χ3n) is 2.37. The summed E-state index contributed by atoms with van der Waals surface area (Å²) < 4.78 is 0. The Morgan fingerprint density at radius 1 is 1.37 bits per heavy atom. The van der Waals surface area contributed by atoms with Gasteiger partial charge in [-0.1, -0.05) is 18.2 Å². The summed E-state index contributed by atoms with van der Waals surface area (Å²) in [6, 6.07) is 0. The number of hydrogen-bond acceptors (Lipinski definition) is 3. The van der Waals surface area contributed by atoms with Crippen molar-refractivity contribution in [3.8, 4) is 12.8 Å². The van der Waals surface area contributed by atoms with Crippen molar-refractivity contribution in [2.75, 3.05) is 32.4 Å². The minimum Gasteiger partial charge on any atom is -0.376 e. The smallest absolute Gasteiger partial charge is 0.0297 e. The van der Waals surface area contributed by atoms with Crippen molar-refractivity contribution in [2.24, 2.45) is 0 Å². The van der Waals surface area contributed by atoms with Gasteiger partial charge in [-0.25, -0.2) is 0 Å². The molecule has 0 aliphatic carbocycles. The Balaban J connectivity index is 0. The molecule has 0 bridgehead atoms. The van der Waals surface area contributed by atoms with Gasteiger partial charge in [-0.05, 0) is 38.8 Å². The summed E-state index contributed by atoms with van der Waals surface area (Å²) in [6.45, 7) is 9.42. The molecule has 0 fully saturated rings. The molecule has 1 N–H and O–H groups in total. The first kappa shape index (κ1) is 20.2. The number of nitrogens with zero attached hydrogens (tertiary/aromatic N) is 1. The SMILES string of the molecule is C#C.C/C=C\C.CCN(/C=C1\C=CSC1)CCNC. The zero-order chi connectivity index (χ0) is 14.9. The van der Waals surface area contributed by atoms with Crippen molar-refractivity contribution in [3.05, 3.63) is 35.4 Å². The van der Waals surface area contributed by atoms with Gasteiger partial charge in [0.1, 0.15) is 0 Å². The number of allylic oxidation sites excluding steroid dienone is 3. The number of rotatable bonds is 5. The van der Waals surface area contributed by atoms with Crippen LogP contribution in [0.1, 0.15) is 20.8 Å². The third-order valence-corrected chi connectivity index (χ3v) is 3.19. The number of terminal acetylenes is 1. The molecule has 0 unspecified atom stereocenters. The van der Waals surface area contributed by atoms with Crippen molar-refractivity contribution in [1.29, 1.82) is 0 Å². The van der Waals surface area contributed by atoms with E-state index in [1.54, 1.807) is 0 Å². The lowest BCUT2D eigenvalue weighted by Crippen LogP contribution is -2.26. The Labute approximate surface area is 124 Å². The van der Waals surface area contributed by atoms with Crippen LogP contribution in [0.2, 0.25) is 0 Å². The van der Waals surface area contributed by atoms with E-state index in [1.165, 1.54) is 5.57 Å². The van der Waals surface area contributed by atoms with Crippen molar-refractivity contribution < 1.29 is 0 Å². The molecule has 108 valence electrons. The predicted molar refractivity (Wildman–Crippen MR) is 91.2 cm³/mol. The summed E-state index contributed by atoms with van der Waals surface area (Å²) >= 11 is 1.87. The van der Waals surface area contributed by atoms with Gasteiger partial charge >= 0.3 is 0 Å². The van der Waals surface area contributed by atoms with Gasteiger partial charge in [0.25, 0.3) is 0 Å². The molecule has 3 heteroatoms. The summed E-state index contributed by atoms with van der Waals surface area (Å²) in [7, 11) is 1.99. The highest BCUT2D eigenvalue weighted by atomic mass is 32.2. The van der Waals surface area contributed by atoms with E-state index in [0.29, 0.717) is 0 Å².